The molecule has 1 aromatic rings. The SMILES string of the molecule is CC(CNC(C)(C)C)COCCc1ccccc1. The van der Waals surface area contributed by atoms with Gasteiger partial charge in [-0.05, 0) is 38.7 Å². The second kappa shape index (κ2) is 7.55. The van der Waals surface area contributed by atoms with E-state index < -0.39 is 0 Å². The number of benzene rings is 1. The van der Waals surface area contributed by atoms with Crippen LogP contribution in [0.15, 0.2) is 30.3 Å². The normalized spacial score (nSPS) is 13.6. The molecule has 102 valence electrons. The van der Waals surface area contributed by atoms with Gasteiger partial charge in [0.2, 0.25) is 0 Å². The first-order chi connectivity index (χ1) is 8.47. The molecule has 2 heteroatoms. The summed E-state index contributed by atoms with van der Waals surface area (Å²) in [5.41, 5.74) is 1.54. The molecule has 1 rings (SSSR count). The number of ether oxygens (including phenoxy) is 1. The molecule has 0 aromatic heterocycles. The van der Waals surface area contributed by atoms with E-state index in [-0.39, 0.29) is 5.54 Å². The van der Waals surface area contributed by atoms with Crippen molar-refractivity contribution >= 4 is 0 Å². The maximum Gasteiger partial charge on any atom is 0.0506 e. The van der Waals surface area contributed by atoms with Crippen molar-refractivity contribution in [3.63, 3.8) is 0 Å². The predicted molar refractivity (Wildman–Crippen MR) is 77.9 cm³/mol. The topological polar surface area (TPSA) is 21.3 Å². The van der Waals surface area contributed by atoms with Crippen molar-refractivity contribution in [2.75, 3.05) is 19.8 Å². The summed E-state index contributed by atoms with van der Waals surface area (Å²) in [6, 6.07) is 10.5. The molecule has 0 spiro atoms. The molecule has 2 nitrogen and oxygen atoms in total. The maximum atomic E-state index is 5.72. The van der Waals surface area contributed by atoms with Gasteiger partial charge in [0.1, 0.15) is 0 Å². The monoisotopic (exact) mass is 249 g/mol. The minimum Gasteiger partial charge on any atom is -0.381 e. The standard InChI is InChI=1S/C16H27NO/c1-14(12-17-16(2,3)4)13-18-11-10-15-8-6-5-7-9-15/h5-9,14,17H,10-13H2,1-4H3. The Kier molecular flexibility index (Phi) is 6.37. The van der Waals surface area contributed by atoms with Gasteiger partial charge in [-0.2, -0.15) is 0 Å². The van der Waals surface area contributed by atoms with Crippen LogP contribution in [0.2, 0.25) is 0 Å². The molecule has 1 unspecified atom stereocenters. The van der Waals surface area contributed by atoms with Crippen LogP contribution in [0.1, 0.15) is 33.3 Å². The van der Waals surface area contributed by atoms with Crippen LogP contribution in [0.4, 0.5) is 0 Å². The zero-order chi connectivity index (χ0) is 13.4. The van der Waals surface area contributed by atoms with Gasteiger partial charge in [0.25, 0.3) is 0 Å². The van der Waals surface area contributed by atoms with Crippen LogP contribution in [0.25, 0.3) is 0 Å². The molecule has 0 bridgehead atoms. The van der Waals surface area contributed by atoms with Crippen LogP contribution >= 0.6 is 0 Å². The minimum absolute atomic E-state index is 0.193. The molecule has 18 heavy (non-hydrogen) atoms. The van der Waals surface area contributed by atoms with Crippen LogP contribution in [0, 0.1) is 5.92 Å². The highest BCUT2D eigenvalue weighted by atomic mass is 16.5. The minimum atomic E-state index is 0.193. The molecule has 0 aliphatic rings. The summed E-state index contributed by atoms with van der Waals surface area (Å²) < 4.78 is 5.72. The summed E-state index contributed by atoms with van der Waals surface area (Å²) >= 11 is 0. The zero-order valence-electron chi connectivity index (χ0n) is 12.2. The number of hydrogen-bond acceptors (Lipinski definition) is 2. The third kappa shape index (κ3) is 7.46. The van der Waals surface area contributed by atoms with Gasteiger partial charge in [-0.3, -0.25) is 0 Å². The van der Waals surface area contributed by atoms with Crippen molar-refractivity contribution < 1.29 is 4.74 Å². The van der Waals surface area contributed by atoms with E-state index in [1.54, 1.807) is 0 Å². The lowest BCUT2D eigenvalue weighted by atomic mass is 10.1. The molecule has 0 aliphatic heterocycles. The highest BCUT2D eigenvalue weighted by Crippen LogP contribution is 2.03. The van der Waals surface area contributed by atoms with Crippen molar-refractivity contribution in [1.29, 1.82) is 0 Å². The maximum absolute atomic E-state index is 5.72. The van der Waals surface area contributed by atoms with Crippen molar-refractivity contribution in [3.05, 3.63) is 35.9 Å². The van der Waals surface area contributed by atoms with Crippen molar-refractivity contribution in [2.24, 2.45) is 5.92 Å². The second-order valence-corrected chi connectivity index (χ2v) is 6.05. The lowest BCUT2D eigenvalue weighted by Gasteiger charge is -2.23. The average molecular weight is 249 g/mol. The Labute approximate surface area is 112 Å². The Hall–Kier alpha value is -0.860. The Morgan fingerprint density at radius 1 is 1.17 bits per heavy atom. The van der Waals surface area contributed by atoms with E-state index in [2.05, 4.69) is 57.3 Å². The summed E-state index contributed by atoms with van der Waals surface area (Å²) in [7, 11) is 0. The Balaban J connectivity index is 2.07. The summed E-state index contributed by atoms with van der Waals surface area (Å²) in [4.78, 5) is 0. The van der Waals surface area contributed by atoms with Crippen LogP contribution < -0.4 is 5.32 Å². The summed E-state index contributed by atoms with van der Waals surface area (Å²) in [6.45, 7) is 11.4. The van der Waals surface area contributed by atoms with Crippen LogP contribution in [-0.4, -0.2) is 25.3 Å². The Morgan fingerprint density at radius 3 is 2.44 bits per heavy atom. The van der Waals surface area contributed by atoms with Crippen LogP contribution in [0.5, 0.6) is 0 Å². The van der Waals surface area contributed by atoms with E-state index in [4.69, 9.17) is 4.74 Å². The predicted octanol–water partition coefficient (Wildman–Crippen LogP) is 3.27. The highest BCUT2D eigenvalue weighted by molar-refractivity contribution is 5.14. The second-order valence-electron chi connectivity index (χ2n) is 6.05. The van der Waals surface area contributed by atoms with Gasteiger partial charge in [0, 0.05) is 12.1 Å². The number of hydrogen-bond donors (Lipinski definition) is 1. The van der Waals surface area contributed by atoms with Crippen molar-refractivity contribution in [3.8, 4) is 0 Å². The third-order valence-electron chi connectivity index (χ3n) is 2.76. The van der Waals surface area contributed by atoms with Crippen LogP contribution in [0.3, 0.4) is 0 Å². The van der Waals surface area contributed by atoms with Gasteiger partial charge in [-0.15, -0.1) is 0 Å². The fourth-order valence-corrected chi connectivity index (χ4v) is 1.66. The number of nitrogens with one attached hydrogen (secondary N) is 1. The quantitative estimate of drug-likeness (QED) is 0.749. The molecular formula is C16H27NO. The molecule has 0 aliphatic carbocycles. The average Bonchev–Trinajstić information content (AvgIpc) is 2.33. The van der Waals surface area contributed by atoms with E-state index in [1.807, 2.05) is 6.07 Å². The Morgan fingerprint density at radius 2 is 1.83 bits per heavy atom. The van der Waals surface area contributed by atoms with Gasteiger partial charge in [0.15, 0.2) is 0 Å². The molecule has 1 aromatic carbocycles. The molecule has 0 fully saturated rings. The summed E-state index contributed by atoms with van der Waals surface area (Å²) in [5.74, 6) is 0.556. The molecule has 1 atom stereocenters. The van der Waals surface area contributed by atoms with Gasteiger partial charge >= 0.3 is 0 Å². The van der Waals surface area contributed by atoms with Gasteiger partial charge < -0.3 is 10.1 Å². The van der Waals surface area contributed by atoms with Crippen LogP contribution in [-0.2, 0) is 11.2 Å². The van der Waals surface area contributed by atoms with Gasteiger partial charge in [-0.1, -0.05) is 37.3 Å². The fraction of sp³-hybridized carbons (Fsp3) is 0.625. The fourth-order valence-electron chi connectivity index (χ4n) is 1.66. The first-order valence-electron chi connectivity index (χ1n) is 6.84. The Bertz CT molecular complexity index is 316. The van der Waals surface area contributed by atoms with E-state index in [0.717, 1.165) is 26.2 Å². The number of rotatable bonds is 7. The molecular weight excluding hydrogens is 222 g/mol. The third-order valence-corrected chi connectivity index (χ3v) is 2.76. The highest BCUT2D eigenvalue weighted by Gasteiger charge is 2.10. The molecule has 0 heterocycles. The van der Waals surface area contributed by atoms with Crippen molar-refractivity contribution in [1.82, 2.24) is 5.32 Å². The van der Waals surface area contributed by atoms with Gasteiger partial charge in [0.05, 0.1) is 13.2 Å². The van der Waals surface area contributed by atoms with E-state index in [9.17, 15) is 0 Å². The first-order valence-corrected chi connectivity index (χ1v) is 6.84. The molecule has 0 amide bonds. The molecule has 0 radical (unpaired) electrons. The largest absolute Gasteiger partial charge is 0.381 e. The molecule has 1 N–H and O–H groups in total. The lowest BCUT2D eigenvalue weighted by molar-refractivity contribution is 0.104. The molecule has 0 saturated carbocycles. The van der Waals surface area contributed by atoms with E-state index in [1.165, 1.54) is 5.56 Å². The molecule has 0 saturated heterocycles. The van der Waals surface area contributed by atoms with Crippen molar-refractivity contribution in [2.45, 2.75) is 39.7 Å². The van der Waals surface area contributed by atoms with E-state index >= 15 is 0 Å². The van der Waals surface area contributed by atoms with Gasteiger partial charge in [-0.25, -0.2) is 0 Å². The summed E-state index contributed by atoms with van der Waals surface area (Å²) in [5, 5.41) is 3.50. The smallest absolute Gasteiger partial charge is 0.0506 e. The summed E-state index contributed by atoms with van der Waals surface area (Å²) in [6.07, 6.45) is 1.00. The zero-order valence-corrected chi connectivity index (χ0v) is 12.2. The lowest BCUT2D eigenvalue weighted by Crippen LogP contribution is -2.39. The van der Waals surface area contributed by atoms with E-state index in [0.29, 0.717) is 5.92 Å². The first kappa shape index (κ1) is 15.2.